The second kappa shape index (κ2) is 6.18. The van der Waals surface area contributed by atoms with Crippen LogP contribution in [-0.2, 0) is 9.84 Å². The largest absolute Gasteiger partial charge is 0.496 e. The van der Waals surface area contributed by atoms with Gasteiger partial charge in [-0.1, -0.05) is 30.3 Å². The molecule has 112 valence electrons. The van der Waals surface area contributed by atoms with Crippen LogP contribution < -0.4 is 9.47 Å². The Balaban J connectivity index is 2.53. The zero-order chi connectivity index (χ0) is 15.5. The Labute approximate surface area is 125 Å². The fourth-order valence-electron chi connectivity index (χ4n) is 2.21. The van der Waals surface area contributed by atoms with Crippen LogP contribution in [0.3, 0.4) is 0 Å². The normalized spacial score (nSPS) is 12.7. The monoisotopic (exact) mass is 306 g/mol. The number of sulfone groups is 1. The van der Waals surface area contributed by atoms with Gasteiger partial charge in [-0.25, -0.2) is 8.42 Å². The summed E-state index contributed by atoms with van der Waals surface area (Å²) in [5.74, 6) is 0.905. The van der Waals surface area contributed by atoms with E-state index < -0.39 is 15.1 Å². The van der Waals surface area contributed by atoms with E-state index in [4.69, 9.17) is 9.47 Å². The molecule has 21 heavy (non-hydrogen) atoms. The number of para-hydroxylation sites is 2. The third kappa shape index (κ3) is 2.88. The summed E-state index contributed by atoms with van der Waals surface area (Å²) in [6.07, 6.45) is 0. The average molecular weight is 306 g/mol. The van der Waals surface area contributed by atoms with Crippen molar-refractivity contribution in [3.63, 3.8) is 0 Å². The maximum atomic E-state index is 12.8. The maximum absolute atomic E-state index is 12.8. The smallest absolute Gasteiger partial charge is 0.188 e. The van der Waals surface area contributed by atoms with Gasteiger partial charge in [0.2, 0.25) is 0 Å². The van der Waals surface area contributed by atoms with Gasteiger partial charge in [-0.3, -0.25) is 0 Å². The molecular formula is C16H18O4S. The Hall–Kier alpha value is -2.01. The zero-order valence-corrected chi connectivity index (χ0v) is 13.1. The van der Waals surface area contributed by atoms with E-state index in [0.717, 1.165) is 0 Å². The second-order valence-electron chi connectivity index (χ2n) is 4.58. The third-order valence-electron chi connectivity index (χ3n) is 3.42. The summed E-state index contributed by atoms with van der Waals surface area (Å²) in [6, 6.07) is 13.7. The van der Waals surface area contributed by atoms with Crippen LogP contribution in [0.5, 0.6) is 11.5 Å². The van der Waals surface area contributed by atoms with E-state index in [2.05, 4.69) is 0 Å². The van der Waals surface area contributed by atoms with Gasteiger partial charge >= 0.3 is 0 Å². The summed E-state index contributed by atoms with van der Waals surface area (Å²) in [5.41, 5.74) is 0.630. The van der Waals surface area contributed by atoms with Crippen LogP contribution in [0.25, 0.3) is 0 Å². The molecule has 0 spiro atoms. The number of ether oxygens (including phenoxy) is 2. The highest BCUT2D eigenvalue weighted by molar-refractivity contribution is 7.91. The van der Waals surface area contributed by atoms with Gasteiger partial charge in [0.05, 0.1) is 19.5 Å². The van der Waals surface area contributed by atoms with Gasteiger partial charge in [-0.2, -0.15) is 0 Å². The van der Waals surface area contributed by atoms with Crippen LogP contribution in [0.2, 0.25) is 0 Å². The average Bonchev–Trinajstić information content (AvgIpc) is 2.53. The lowest BCUT2D eigenvalue weighted by Crippen LogP contribution is -2.12. The van der Waals surface area contributed by atoms with E-state index in [1.54, 1.807) is 49.4 Å². The summed E-state index contributed by atoms with van der Waals surface area (Å²) in [5, 5.41) is -0.732. The molecule has 2 aromatic rings. The van der Waals surface area contributed by atoms with E-state index in [1.165, 1.54) is 14.2 Å². The van der Waals surface area contributed by atoms with E-state index >= 15 is 0 Å². The van der Waals surface area contributed by atoms with Crippen molar-refractivity contribution in [3.8, 4) is 11.5 Å². The first-order chi connectivity index (χ1) is 10.0. The molecule has 0 saturated heterocycles. The molecule has 5 heteroatoms. The molecule has 0 N–H and O–H groups in total. The topological polar surface area (TPSA) is 52.6 Å². The van der Waals surface area contributed by atoms with Gasteiger partial charge in [-0.15, -0.1) is 0 Å². The lowest BCUT2D eigenvalue weighted by Gasteiger charge is -2.17. The van der Waals surface area contributed by atoms with Gasteiger partial charge in [-0.05, 0) is 25.1 Å². The van der Waals surface area contributed by atoms with E-state index in [0.29, 0.717) is 17.1 Å². The fraction of sp³-hybridized carbons (Fsp3) is 0.250. The van der Waals surface area contributed by atoms with Crippen LogP contribution >= 0.6 is 0 Å². The van der Waals surface area contributed by atoms with E-state index in [-0.39, 0.29) is 4.90 Å². The minimum absolute atomic E-state index is 0.186. The molecule has 0 amide bonds. The highest BCUT2D eigenvalue weighted by atomic mass is 32.2. The molecule has 0 fully saturated rings. The highest BCUT2D eigenvalue weighted by Gasteiger charge is 2.29. The van der Waals surface area contributed by atoms with E-state index in [1.807, 2.05) is 6.07 Å². The van der Waals surface area contributed by atoms with Crippen molar-refractivity contribution in [1.29, 1.82) is 0 Å². The molecule has 4 nitrogen and oxygen atoms in total. The molecule has 2 rings (SSSR count). The van der Waals surface area contributed by atoms with Crippen molar-refractivity contribution in [3.05, 3.63) is 54.1 Å². The van der Waals surface area contributed by atoms with Crippen molar-refractivity contribution >= 4 is 9.84 Å². The molecule has 0 aliphatic rings. The number of hydrogen-bond donors (Lipinski definition) is 0. The van der Waals surface area contributed by atoms with Gasteiger partial charge in [0, 0.05) is 5.56 Å². The number of benzene rings is 2. The molecule has 0 radical (unpaired) electrons. The summed E-state index contributed by atoms with van der Waals surface area (Å²) in [6.45, 7) is 1.65. The van der Waals surface area contributed by atoms with E-state index in [9.17, 15) is 8.42 Å². The molecule has 0 heterocycles. The van der Waals surface area contributed by atoms with Gasteiger partial charge in [0.15, 0.2) is 9.84 Å². The first-order valence-corrected chi connectivity index (χ1v) is 8.06. The third-order valence-corrected chi connectivity index (χ3v) is 5.55. The quantitative estimate of drug-likeness (QED) is 0.851. The first-order valence-electron chi connectivity index (χ1n) is 6.52. The van der Waals surface area contributed by atoms with Crippen LogP contribution in [0.15, 0.2) is 53.4 Å². The summed E-state index contributed by atoms with van der Waals surface area (Å²) in [4.78, 5) is 0.186. The molecular weight excluding hydrogens is 288 g/mol. The summed E-state index contributed by atoms with van der Waals surface area (Å²) >= 11 is 0. The van der Waals surface area contributed by atoms with Crippen LogP contribution in [0.1, 0.15) is 17.7 Å². The Morgan fingerprint density at radius 3 is 2.00 bits per heavy atom. The minimum atomic E-state index is -3.57. The number of methoxy groups -OCH3 is 2. The van der Waals surface area contributed by atoms with Crippen molar-refractivity contribution in [2.45, 2.75) is 17.1 Å². The van der Waals surface area contributed by atoms with Gasteiger partial charge in [0.1, 0.15) is 16.4 Å². The Bertz CT molecular complexity index is 723. The number of rotatable bonds is 5. The highest BCUT2D eigenvalue weighted by Crippen LogP contribution is 2.37. The molecule has 0 aliphatic heterocycles. The Morgan fingerprint density at radius 1 is 0.857 bits per heavy atom. The first kappa shape index (κ1) is 15.4. The maximum Gasteiger partial charge on any atom is 0.188 e. The summed E-state index contributed by atoms with van der Waals surface area (Å²) < 4.78 is 36.1. The molecule has 2 aromatic carbocycles. The molecule has 1 atom stereocenters. The fourth-order valence-corrected chi connectivity index (χ4v) is 3.82. The predicted octanol–water partition coefficient (Wildman–Crippen LogP) is 3.24. The summed E-state index contributed by atoms with van der Waals surface area (Å²) in [7, 11) is -0.583. The van der Waals surface area contributed by atoms with Crippen molar-refractivity contribution < 1.29 is 17.9 Å². The minimum Gasteiger partial charge on any atom is -0.496 e. The Morgan fingerprint density at radius 2 is 1.38 bits per heavy atom. The lowest BCUT2D eigenvalue weighted by atomic mass is 10.1. The molecule has 0 aliphatic carbocycles. The lowest BCUT2D eigenvalue weighted by molar-refractivity contribution is 0.401. The van der Waals surface area contributed by atoms with Crippen molar-refractivity contribution in [1.82, 2.24) is 0 Å². The molecule has 0 saturated carbocycles. The Kier molecular flexibility index (Phi) is 4.53. The van der Waals surface area contributed by atoms with Crippen LogP contribution in [0, 0.1) is 0 Å². The predicted molar refractivity (Wildman–Crippen MR) is 81.6 cm³/mol. The molecule has 0 bridgehead atoms. The second-order valence-corrected chi connectivity index (χ2v) is 6.82. The van der Waals surface area contributed by atoms with Crippen LogP contribution in [0.4, 0.5) is 0 Å². The zero-order valence-electron chi connectivity index (χ0n) is 12.2. The number of hydrogen-bond acceptors (Lipinski definition) is 4. The standard InChI is InChI=1S/C16H18O4S/c1-12(13-8-4-5-9-14(13)19-2)21(17,18)16-11-7-6-10-15(16)20-3/h4-12H,1-3H3/t12-/m1/s1. The van der Waals surface area contributed by atoms with Gasteiger partial charge in [0.25, 0.3) is 0 Å². The van der Waals surface area contributed by atoms with Crippen molar-refractivity contribution in [2.24, 2.45) is 0 Å². The van der Waals surface area contributed by atoms with Crippen molar-refractivity contribution in [2.75, 3.05) is 14.2 Å². The SMILES string of the molecule is COc1ccccc1[C@@H](C)S(=O)(=O)c1ccccc1OC. The van der Waals surface area contributed by atoms with Crippen LogP contribution in [-0.4, -0.2) is 22.6 Å². The van der Waals surface area contributed by atoms with Gasteiger partial charge < -0.3 is 9.47 Å². The molecule has 0 unspecified atom stereocenters. The molecule has 0 aromatic heterocycles.